The van der Waals surface area contributed by atoms with Crippen molar-refractivity contribution in [2.75, 3.05) is 39.8 Å². The summed E-state index contributed by atoms with van der Waals surface area (Å²) < 4.78 is 5.30. The average molecular weight is 420 g/mol. The first-order valence-electron chi connectivity index (χ1n) is 11.1. The van der Waals surface area contributed by atoms with E-state index in [4.69, 9.17) is 4.74 Å². The molecule has 3 aliphatic heterocycles. The Kier molecular flexibility index (Phi) is 5.50. The largest absolute Gasteiger partial charge is 0.497 e. The fourth-order valence-corrected chi connectivity index (χ4v) is 5.26. The topological polar surface area (TPSA) is 53.1 Å². The van der Waals surface area contributed by atoms with Gasteiger partial charge in [-0.15, -0.1) is 0 Å². The van der Waals surface area contributed by atoms with Gasteiger partial charge in [0.25, 0.3) is 0 Å². The smallest absolute Gasteiger partial charge is 0.234 e. The molecule has 31 heavy (non-hydrogen) atoms. The Bertz CT molecular complexity index is 967. The lowest BCUT2D eigenvalue weighted by molar-refractivity contribution is -0.140. The summed E-state index contributed by atoms with van der Waals surface area (Å²) in [6.45, 7) is 5.17. The predicted molar refractivity (Wildman–Crippen MR) is 117 cm³/mol. The number of carbonyl (C=O) groups is 2. The fraction of sp³-hybridized carbons (Fsp3) is 0.440. The average Bonchev–Trinajstić information content (AvgIpc) is 3.31. The molecule has 0 aromatic heterocycles. The minimum absolute atomic E-state index is 0.0144. The number of imide groups is 1. The van der Waals surface area contributed by atoms with Crippen LogP contribution in [-0.2, 0) is 29.1 Å². The van der Waals surface area contributed by atoms with Crippen molar-refractivity contribution in [3.8, 4) is 5.75 Å². The first-order valence-corrected chi connectivity index (χ1v) is 11.1. The van der Waals surface area contributed by atoms with Crippen molar-refractivity contribution >= 4 is 11.8 Å². The molecule has 2 atom stereocenters. The standard InChI is InChI=1S/C25H29N3O3/c1-31-21-8-4-5-18(13-21)14-27-16-22-23(17-27)25(30)28(24(22)29)12-11-26-10-9-19-6-2-3-7-20(19)15-26/h2-8,13,22-23H,9-12,14-17H2,1H3/t22-,23+. The maximum Gasteiger partial charge on any atom is 0.234 e. The van der Waals surface area contributed by atoms with E-state index in [2.05, 4.69) is 40.1 Å². The Morgan fingerprint density at radius 1 is 0.903 bits per heavy atom. The summed E-state index contributed by atoms with van der Waals surface area (Å²) in [5, 5.41) is 0. The van der Waals surface area contributed by atoms with E-state index in [0.29, 0.717) is 19.6 Å². The third-order valence-corrected chi connectivity index (χ3v) is 6.95. The molecule has 2 amide bonds. The Labute approximate surface area is 183 Å². The molecule has 0 saturated carbocycles. The third-order valence-electron chi connectivity index (χ3n) is 6.95. The highest BCUT2D eigenvalue weighted by molar-refractivity contribution is 6.05. The SMILES string of the molecule is COc1cccc(CN2C[C@@H]3C(=O)N(CCN4CCc5ccccc5C4)C(=O)[C@@H]3C2)c1. The number of ether oxygens (including phenoxy) is 1. The Hall–Kier alpha value is -2.70. The second-order valence-electron chi connectivity index (χ2n) is 8.88. The summed E-state index contributed by atoms with van der Waals surface area (Å²) in [6.07, 6.45) is 1.03. The number of hydrogen-bond acceptors (Lipinski definition) is 5. The van der Waals surface area contributed by atoms with Crippen molar-refractivity contribution in [1.29, 1.82) is 0 Å². The number of likely N-dealkylation sites (tertiary alicyclic amines) is 2. The molecule has 0 bridgehead atoms. The zero-order valence-corrected chi connectivity index (χ0v) is 18.0. The summed E-state index contributed by atoms with van der Waals surface area (Å²) in [4.78, 5) is 32.1. The monoisotopic (exact) mass is 419 g/mol. The fourth-order valence-electron chi connectivity index (χ4n) is 5.26. The highest BCUT2D eigenvalue weighted by Crippen LogP contribution is 2.34. The van der Waals surface area contributed by atoms with Crippen LogP contribution in [0.2, 0.25) is 0 Å². The van der Waals surface area contributed by atoms with Crippen molar-refractivity contribution in [3.05, 3.63) is 65.2 Å². The lowest BCUT2D eigenvalue weighted by Gasteiger charge is -2.30. The van der Waals surface area contributed by atoms with Crippen LogP contribution in [0.15, 0.2) is 48.5 Å². The highest BCUT2D eigenvalue weighted by atomic mass is 16.5. The molecule has 6 nitrogen and oxygen atoms in total. The van der Waals surface area contributed by atoms with E-state index in [0.717, 1.165) is 43.9 Å². The van der Waals surface area contributed by atoms with Crippen LogP contribution < -0.4 is 4.74 Å². The lowest BCUT2D eigenvalue weighted by Crippen LogP contribution is -2.42. The molecule has 0 N–H and O–H groups in total. The van der Waals surface area contributed by atoms with E-state index in [1.807, 2.05) is 18.2 Å². The maximum atomic E-state index is 13.0. The first-order chi connectivity index (χ1) is 15.1. The van der Waals surface area contributed by atoms with Gasteiger partial charge >= 0.3 is 0 Å². The van der Waals surface area contributed by atoms with Crippen molar-refractivity contribution < 1.29 is 14.3 Å². The van der Waals surface area contributed by atoms with Gasteiger partial charge in [-0.05, 0) is 35.2 Å². The molecule has 2 saturated heterocycles. The number of amides is 2. The van der Waals surface area contributed by atoms with E-state index in [1.165, 1.54) is 16.0 Å². The first kappa shape index (κ1) is 20.2. The zero-order valence-electron chi connectivity index (χ0n) is 18.0. The molecule has 6 heteroatoms. The molecule has 162 valence electrons. The van der Waals surface area contributed by atoms with Crippen molar-refractivity contribution in [3.63, 3.8) is 0 Å². The molecule has 0 spiro atoms. The summed E-state index contributed by atoms with van der Waals surface area (Å²) >= 11 is 0. The third kappa shape index (κ3) is 3.98. The molecule has 3 aliphatic rings. The van der Waals surface area contributed by atoms with E-state index in [-0.39, 0.29) is 23.7 Å². The number of nitrogens with zero attached hydrogens (tertiary/aromatic N) is 3. The van der Waals surface area contributed by atoms with Crippen LogP contribution in [0, 0.1) is 11.8 Å². The molecular weight excluding hydrogens is 390 g/mol. The van der Waals surface area contributed by atoms with Gasteiger partial charge in [0.2, 0.25) is 11.8 Å². The Morgan fingerprint density at radius 3 is 2.39 bits per heavy atom. The van der Waals surface area contributed by atoms with Crippen molar-refractivity contribution in [2.45, 2.75) is 19.5 Å². The number of benzene rings is 2. The van der Waals surface area contributed by atoms with Gasteiger partial charge in [-0.2, -0.15) is 0 Å². The maximum absolute atomic E-state index is 13.0. The molecule has 2 aromatic carbocycles. The molecule has 3 heterocycles. The Morgan fingerprint density at radius 2 is 1.65 bits per heavy atom. The molecule has 0 unspecified atom stereocenters. The Balaban J connectivity index is 1.17. The molecule has 0 aliphatic carbocycles. The van der Waals surface area contributed by atoms with Gasteiger partial charge in [0.05, 0.1) is 18.9 Å². The van der Waals surface area contributed by atoms with Gasteiger partial charge in [0.1, 0.15) is 5.75 Å². The lowest BCUT2D eigenvalue weighted by atomic mass is 10.00. The van der Waals surface area contributed by atoms with Gasteiger partial charge in [-0.3, -0.25) is 24.3 Å². The van der Waals surface area contributed by atoms with E-state index in [9.17, 15) is 9.59 Å². The molecule has 2 aromatic rings. The second-order valence-corrected chi connectivity index (χ2v) is 8.88. The highest BCUT2D eigenvalue weighted by Gasteiger charge is 2.52. The molecule has 5 rings (SSSR count). The van der Waals surface area contributed by atoms with Gasteiger partial charge < -0.3 is 4.74 Å². The normalized spacial score (nSPS) is 23.8. The van der Waals surface area contributed by atoms with Crippen LogP contribution in [0.4, 0.5) is 0 Å². The number of rotatable bonds is 6. The second kappa shape index (κ2) is 8.44. The van der Waals surface area contributed by atoms with Gasteiger partial charge in [0, 0.05) is 45.8 Å². The van der Waals surface area contributed by atoms with Crippen LogP contribution >= 0.6 is 0 Å². The minimum Gasteiger partial charge on any atom is -0.497 e. The van der Waals surface area contributed by atoms with Gasteiger partial charge in [0.15, 0.2) is 0 Å². The van der Waals surface area contributed by atoms with Crippen LogP contribution in [0.25, 0.3) is 0 Å². The van der Waals surface area contributed by atoms with Crippen molar-refractivity contribution in [1.82, 2.24) is 14.7 Å². The summed E-state index contributed by atoms with van der Waals surface area (Å²) in [5.74, 6) is 0.469. The number of fused-ring (bicyclic) bond motifs is 2. The summed E-state index contributed by atoms with van der Waals surface area (Å²) in [5.41, 5.74) is 3.91. The van der Waals surface area contributed by atoms with Crippen molar-refractivity contribution in [2.24, 2.45) is 11.8 Å². The van der Waals surface area contributed by atoms with E-state index < -0.39 is 0 Å². The van der Waals surface area contributed by atoms with Crippen LogP contribution in [0.1, 0.15) is 16.7 Å². The zero-order chi connectivity index (χ0) is 21.4. The van der Waals surface area contributed by atoms with E-state index >= 15 is 0 Å². The van der Waals surface area contributed by atoms with Gasteiger partial charge in [-0.1, -0.05) is 36.4 Å². The quantitative estimate of drug-likeness (QED) is 0.672. The number of hydrogen-bond donors (Lipinski definition) is 0. The number of carbonyl (C=O) groups excluding carboxylic acids is 2. The van der Waals surface area contributed by atoms with Crippen LogP contribution in [-0.4, -0.2) is 66.3 Å². The summed E-state index contributed by atoms with van der Waals surface area (Å²) in [6, 6.07) is 16.5. The molecular formula is C25H29N3O3. The number of methoxy groups -OCH3 is 1. The van der Waals surface area contributed by atoms with E-state index in [1.54, 1.807) is 7.11 Å². The summed E-state index contributed by atoms with van der Waals surface area (Å²) in [7, 11) is 1.66. The van der Waals surface area contributed by atoms with Crippen LogP contribution in [0.5, 0.6) is 5.75 Å². The molecule has 0 radical (unpaired) electrons. The van der Waals surface area contributed by atoms with Crippen LogP contribution in [0.3, 0.4) is 0 Å². The minimum atomic E-state index is -0.194. The van der Waals surface area contributed by atoms with Gasteiger partial charge in [-0.25, -0.2) is 0 Å². The molecule has 2 fully saturated rings. The predicted octanol–water partition coefficient (Wildman–Crippen LogP) is 2.17.